The lowest BCUT2D eigenvalue weighted by molar-refractivity contribution is -0.137. The van der Waals surface area contributed by atoms with Gasteiger partial charge < -0.3 is 10.0 Å². The highest BCUT2D eigenvalue weighted by Gasteiger charge is 2.26. The molecule has 0 saturated carbocycles. The van der Waals surface area contributed by atoms with Crippen LogP contribution in [0.2, 0.25) is 0 Å². The number of hydrogen-bond acceptors (Lipinski definition) is 6. The molecular formula is C10H12N6O2. The number of carbonyl (C=O) groups is 1. The zero-order chi connectivity index (χ0) is 12.5. The summed E-state index contributed by atoms with van der Waals surface area (Å²) >= 11 is 0. The van der Waals surface area contributed by atoms with Gasteiger partial charge >= 0.3 is 5.97 Å². The quantitative estimate of drug-likeness (QED) is 0.804. The predicted molar refractivity (Wildman–Crippen MR) is 61.1 cm³/mol. The van der Waals surface area contributed by atoms with Gasteiger partial charge in [-0.2, -0.15) is 4.52 Å². The molecule has 1 fully saturated rings. The van der Waals surface area contributed by atoms with Crippen LogP contribution in [0.25, 0.3) is 5.65 Å². The maximum absolute atomic E-state index is 10.7. The van der Waals surface area contributed by atoms with Gasteiger partial charge in [0, 0.05) is 19.5 Å². The molecule has 0 radical (unpaired) electrons. The van der Waals surface area contributed by atoms with Gasteiger partial charge in [-0.15, -0.1) is 5.10 Å². The highest BCUT2D eigenvalue weighted by Crippen LogP contribution is 2.24. The lowest BCUT2D eigenvalue weighted by Crippen LogP contribution is -2.23. The second-order valence-corrected chi connectivity index (χ2v) is 4.41. The molecule has 1 aliphatic heterocycles. The van der Waals surface area contributed by atoms with Crippen LogP contribution in [0.1, 0.15) is 12.8 Å². The summed E-state index contributed by atoms with van der Waals surface area (Å²) in [4.78, 5) is 16.9. The molecule has 0 spiro atoms. The first-order chi connectivity index (χ1) is 8.74. The molecule has 1 saturated heterocycles. The highest BCUT2D eigenvalue weighted by atomic mass is 16.4. The Morgan fingerprint density at radius 1 is 1.50 bits per heavy atom. The minimum Gasteiger partial charge on any atom is -0.481 e. The van der Waals surface area contributed by atoms with E-state index in [0.29, 0.717) is 12.2 Å². The SMILES string of the molecule is O=C(O)CC1CCN(c2cncc3nnnn23)C1. The van der Waals surface area contributed by atoms with E-state index in [1.807, 2.05) is 0 Å². The Morgan fingerprint density at radius 3 is 3.22 bits per heavy atom. The van der Waals surface area contributed by atoms with Gasteiger partial charge in [0.1, 0.15) is 0 Å². The minimum atomic E-state index is -0.749. The molecule has 8 nitrogen and oxygen atoms in total. The molecule has 2 aromatic heterocycles. The molecule has 0 bridgehead atoms. The monoisotopic (exact) mass is 248 g/mol. The van der Waals surface area contributed by atoms with Crippen molar-refractivity contribution in [3.63, 3.8) is 0 Å². The van der Waals surface area contributed by atoms with E-state index in [0.717, 1.165) is 18.8 Å². The van der Waals surface area contributed by atoms with Gasteiger partial charge in [-0.25, -0.2) is 0 Å². The van der Waals surface area contributed by atoms with Crippen molar-refractivity contribution in [3.05, 3.63) is 12.4 Å². The first kappa shape index (κ1) is 10.9. The lowest BCUT2D eigenvalue weighted by atomic mass is 10.1. The third-order valence-electron chi connectivity index (χ3n) is 3.16. The minimum absolute atomic E-state index is 0.175. The zero-order valence-corrected chi connectivity index (χ0v) is 9.60. The number of hydrogen-bond donors (Lipinski definition) is 1. The molecule has 1 N–H and O–H groups in total. The number of aromatic nitrogens is 5. The smallest absolute Gasteiger partial charge is 0.303 e. The van der Waals surface area contributed by atoms with Crippen molar-refractivity contribution in [2.24, 2.45) is 5.92 Å². The van der Waals surface area contributed by atoms with Gasteiger partial charge in [0.25, 0.3) is 0 Å². The van der Waals surface area contributed by atoms with E-state index in [-0.39, 0.29) is 12.3 Å². The van der Waals surface area contributed by atoms with Crippen molar-refractivity contribution in [1.29, 1.82) is 0 Å². The van der Waals surface area contributed by atoms with Crippen LogP contribution in [0.4, 0.5) is 5.82 Å². The molecule has 94 valence electrons. The van der Waals surface area contributed by atoms with E-state index < -0.39 is 5.97 Å². The summed E-state index contributed by atoms with van der Waals surface area (Å²) in [5, 5.41) is 20.1. The van der Waals surface area contributed by atoms with Gasteiger partial charge in [-0.05, 0) is 22.8 Å². The van der Waals surface area contributed by atoms with Gasteiger partial charge in [-0.1, -0.05) is 0 Å². The van der Waals surface area contributed by atoms with Crippen LogP contribution in [-0.4, -0.2) is 49.2 Å². The average Bonchev–Trinajstić information content (AvgIpc) is 2.95. The molecular weight excluding hydrogens is 236 g/mol. The number of nitrogens with zero attached hydrogens (tertiary/aromatic N) is 6. The fourth-order valence-electron chi connectivity index (χ4n) is 2.33. The van der Waals surface area contributed by atoms with Crippen molar-refractivity contribution in [2.45, 2.75) is 12.8 Å². The highest BCUT2D eigenvalue weighted by molar-refractivity contribution is 5.67. The van der Waals surface area contributed by atoms with E-state index in [4.69, 9.17) is 5.11 Å². The Kier molecular flexibility index (Phi) is 2.54. The molecule has 8 heteroatoms. The molecule has 1 aliphatic rings. The van der Waals surface area contributed by atoms with Crippen molar-refractivity contribution in [2.75, 3.05) is 18.0 Å². The largest absolute Gasteiger partial charge is 0.481 e. The second kappa shape index (κ2) is 4.21. The maximum Gasteiger partial charge on any atom is 0.303 e. The Morgan fingerprint density at radius 2 is 2.39 bits per heavy atom. The zero-order valence-electron chi connectivity index (χ0n) is 9.60. The fourth-order valence-corrected chi connectivity index (χ4v) is 2.33. The standard InChI is InChI=1S/C10H12N6O2/c17-10(18)3-7-1-2-15(6-7)9-5-11-4-8-12-13-14-16(8)9/h4-5,7H,1-3,6H2,(H,17,18). The Balaban J connectivity index is 1.84. The van der Waals surface area contributed by atoms with Crippen LogP contribution in [0, 0.1) is 5.92 Å². The number of anilines is 1. The summed E-state index contributed by atoms with van der Waals surface area (Å²) in [7, 11) is 0. The number of rotatable bonds is 3. The summed E-state index contributed by atoms with van der Waals surface area (Å²) in [6, 6.07) is 0. The molecule has 1 unspecified atom stereocenters. The molecule has 3 rings (SSSR count). The summed E-state index contributed by atoms with van der Waals surface area (Å²) in [6.45, 7) is 1.51. The summed E-state index contributed by atoms with van der Waals surface area (Å²) in [5.41, 5.74) is 0.592. The Labute approximate surface area is 102 Å². The molecule has 2 aromatic rings. The van der Waals surface area contributed by atoms with Crippen LogP contribution in [0.3, 0.4) is 0 Å². The van der Waals surface area contributed by atoms with Crippen molar-refractivity contribution in [3.8, 4) is 0 Å². The number of fused-ring (bicyclic) bond motifs is 1. The summed E-state index contributed by atoms with van der Waals surface area (Å²) in [6.07, 6.45) is 4.36. The van der Waals surface area contributed by atoms with Crippen LogP contribution in [0.15, 0.2) is 12.4 Å². The van der Waals surface area contributed by atoms with Gasteiger partial charge in [-0.3, -0.25) is 9.78 Å². The average molecular weight is 248 g/mol. The third-order valence-corrected chi connectivity index (χ3v) is 3.16. The normalized spacial score (nSPS) is 19.6. The van der Waals surface area contributed by atoms with Gasteiger partial charge in [0.15, 0.2) is 11.5 Å². The lowest BCUT2D eigenvalue weighted by Gasteiger charge is -2.17. The van der Waals surface area contributed by atoms with Crippen LogP contribution in [0.5, 0.6) is 0 Å². The number of carboxylic acids is 1. The molecule has 1 atom stereocenters. The van der Waals surface area contributed by atoms with Gasteiger partial charge in [0.2, 0.25) is 0 Å². The van der Waals surface area contributed by atoms with E-state index in [1.54, 1.807) is 16.9 Å². The molecule has 3 heterocycles. The van der Waals surface area contributed by atoms with Crippen molar-refractivity contribution < 1.29 is 9.90 Å². The Bertz CT molecular complexity index is 583. The number of carboxylic acid groups (broad SMARTS) is 1. The topological polar surface area (TPSA) is 96.5 Å². The number of tetrazole rings is 1. The van der Waals surface area contributed by atoms with E-state index in [9.17, 15) is 4.79 Å². The van der Waals surface area contributed by atoms with Gasteiger partial charge in [0.05, 0.1) is 12.4 Å². The first-order valence-electron chi connectivity index (χ1n) is 5.73. The van der Waals surface area contributed by atoms with E-state index >= 15 is 0 Å². The third kappa shape index (κ3) is 1.85. The first-order valence-corrected chi connectivity index (χ1v) is 5.73. The summed E-state index contributed by atoms with van der Waals surface area (Å²) in [5.74, 6) is 0.236. The van der Waals surface area contributed by atoms with E-state index in [2.05, 4.69) is 25.4 Å². The molecule has 0 aromatic carbocycles. The fraction of sp³-hybridized carbons (Fsp3) is 0.500. The molecule has 18 heavy (non-hydrogen) atoms. The summed E-state index contributed by atoms with van der Waals surface area (Å²) < 4.78 is 1.62. The second-order valence-electron chi connectivity index (χ2n) is 4.41. The van der Waals surface area contributed by atoms with Crippen molar-refractivity contribution >= 4 is 17.4 Å². The molecule has 0 aliphatic carbocycles. The van der Waals surface area contributed by atoms with Crippen LogP contribution >= 0.6 is 0 Å². The number of aliphatic carboxylic acids is 1. The van der Waals surface area contributed by atoms with Crippen molar-refractivity contribution in [1.82, 2.24) is 25.0 Å². The van der Waals surface area contributed by atoms with Crippen LogP contribution in [-0.2, 0) is 4.79 Å². The Hall–Kier alpha value is -2.25. The predicted octanol–water partition coefficient (Wildman–Crippen LogP) is -0.180. The maximum atomic E-state index is 10.7. The van der Waals surface area contributed by atoms with E-state index in [1.165, 1.54) is 0 Å². The van der Waals surface area contributed by atoms with Crippen LogP contribution < -0.4 is 4.90 Å². The molecule has 0 amide bonds.